The third-order valence-corrected chi connectivity index (χ3v) is 4.88. The van der Waals surface area contributed by atoms with Gasteiger partial charge in [0.2, 0.25) is 10.0 Å². The molecule has 0 fully saturated rings. The van der Waals surface area contributed by atoms with Crippen molar-refractivity contribution < 1.29 is 27.8 Å². The largest absolute Gasteiger partial charge is 0.507 e. The third-order valence-electron chi connectivity index (χ3n) is 2.91. The maximum atomic E-state index is 12.5. The van der Waals surface area contributed by atoms with Crippen LogP contribution in [0, 0.1) is 0 Å². The summed E-state index contributed by atoms with van der Waals surface area (Å²) in [5.41, 5.74) is -0.193. The number of phenols is 1. The van der Waals surface area contributed by atoms with Gasteiger partial charge in [-0.05, 0) is 18.2 Å². The highest BCUT2D eigenvalue weighted by Crippen LogP contribution is 2.24. The molecule has 0 aliphatic heterocycles. The lowest BCUT2D eigenvalue weighted by molar-refractivity contribution is 0.0597. The monoisotopic (exact) mass is 317 g/mol. The van der Waals surface area contributed by atoms with Gasteiger partial charge in [-0.25, -0.2) is 13.2 Å². The highest BCUT2D eigenvalue weighted by molar-refractivity contribution is 7.89. The Labute approximate surface area is 124 Å². The molecule has 8 heteroatoms. The molecule has 0 unspecified atom stereocenters. The van der Waals surface area contributed by atoms with E-state index in [0.29, 0.717) is 0 Å². The summed E-state index contributed by atoms with van der Waals surface area (Å²) < 4.78 is 35.6. The van der Waals surface area contributed by atoms with Crippen LogP contribution >= 0.6 is 0 Å². The standard InChI is InChI=1S/C13H19NO6S/c1-4-14(7-8-19-2)21(17,18)10-5-6-12(15)11(9-10)13(16)20-3/h5-6,9,15H,4,7-8H2,1-3H3. The molecule has 1 rings (SSSR count). The normalized spacial score (nSPS) is 11.6. The fourth-order valence-corrected chi connectivity index (χ4v) is 3.20. The molecule has 0 aliphatic carbocycles. The van der Waals surface area contributed by atoms with E-state index in [1.807, 2.05) is 0 Å². The molecule has 0 spiro atoms. The van der Waals surface area contributed by atoms with Crippen molar-refractivity contribution in [2.24, 2.45) is 0 Å². The maximum Gasteiger partial charge on any atom is 0.341 e. The van der Waals surface area contributed by atoms with Crippen LogP contribution in [0.15, 0.2) is 23.1 Å². The molecule has 0 bridgehead atoms. The van der Waals surface area contributed by atoms with Crippen molar-refractivity contribution in [2.45, 2.75) is 11.8 Å². The Balaban J connectivity index is 3.22. The topological polar surface area (TPSA) is 93.1 Å². The number of hydrogen-bond acceptors (Lipinski definition) is 6. The van der Waals surface area contributed by atoms with Crippen LogP contribution in [0.5, 0.6) is 5.75 Å². The van der Waals surface area contributed by atoms with Crippen molar-refractivity contribution in [3.05, 3.63) is 23.8 Å². The van der Waals surface area contributed by atoms with Gasteiger partial charge in [0, 0.05) is 20.2 Å². The Morgan fingerprint density at radius 1 is 1.33 bits per heavy atom. The number of nitrogens with zero attached hydrogens (tertiary/aromatic N) is 1. The van der Waals surface area contributed by atoms with E-state index in [1.54, 1.807) is 6.92 Å². The van der Waals surface area contributed by atoms with Gasteiger partial charge in [0.25, 0.3) is 0 Å². The summed E-state index contributed by atoms with van der Waals surface area (Å²) in [4.78, 5) is 11.4. The Hall–Kier alpha value is -1.64. The van der Waals surface area contributed by atoms with Gasteiger partial charge >= 0.3 is 5.97 Å². The quantitative estimate of drug-likeness (QED) is 0.749. The fraction of sp³-hybridized carbons (Fsp3) is 0.462. The first-order chi connectivity index (χ1) is 9.88. The third kappa shape index (κ3) is 3.93. The number of methoxy groups -OCH3 is 2. The Bertz CT molecular complexity index is 599. The molecular formula is C13H19NO6S. The predicted octanol–water partition coefficient (Wildman–Crippen LogP) is 0.836. The molecule has 7 nitrogen and oxygen atoms in total. The molecule has 0 saturated carbocycles. The van der Waals surface area contributed by atoms with E-state index in [1.165, 1.54) is 17.5 Å². The van der Waals surface area contributed by atoms with Crippen LogP contribution in [0.4, 0.5) is 0 Å². The average molecular weight is 317 g/mol. The van der Waals surface area contributed by atoms with E-state index in [4.69, 9.17) is 4.74 Å². The molecule has 0 amide bonds. The fourth-order valence-electron chi connectivity index (χ4n) is 1.74. The van der Waals surface area contributed by atoms with Crippen LogP contribution in [0.1, 0.15) is 17.3 Å². The van der Waals surface area contributed by atoms with Crippen molar-refractivity contribution in [3.8, 4) is 5.75 Å². The highest BCUT2D eigenvalue weighted by atomic mass is 32.2. The number of hydrogen-bond donors (Lipinski definition) is 1. The van der Waals surface area contributed by atoms with Gasteiger partial charge in [-0.15, -0.1) is 0 Å². The summed E-state index contributed by atoms with van der Waals surface area (Å²) >= 11 is 0. The van der Waals surface area contributed by atoms with Crippen molar-refractivity contribution in [1.82, 2.24) is 4.31 Å². The zero-order chi connectivity index (χ0) is 16.0. The minimum absolute atomic E-state index is 0.0846. The SMILES string of the molecule is CCN(CCOC)S(=O)(=O)c1ccc(O)c(C(=O)OC)c1. The van der Waals surface area contributed by atoms with E-state index >= 15 is 0 Å². The van der Waals surface area contributed by atoms with E-state index in [0.717, 1.165) is 19.2 Å². The van der Waals surface area contributed by atoms with Crippen LogP contribution in [0.25, 0.3) is 0 Å². The van der Waals surface area contributed by atoms with E-state index < -0.39 is 16.0 Å². The second-order valence-electron chi connectivity index (χ2n) is 4.16. The number of sulfonamides is 1. The molecule has 21 heavy (non-hydrogen) atoms. The van der Waals surface area contributed by atoms with Gasteiger partial charge in [-0.1, -0.05) is 6.92 Å². The number of aromatic hydroxyl groups is 1. The lowest BCUT2D eigenvalue weighted by Gasteiger charge is -2.20. The summed E-state index contributed by atoms with van der Waals surface area (Å²) in [5.74, 6) is -1.13. The van der Waals surface area contributed by atoms with Crippen LogP contribution in [0.2, 0.25) is 0 Å². The Morgan fingerprint density at radius 3 is 2.52 bits per heavy atom. The second kappa shape index (κ2) is 7.39. The number of carbonyl (C=O) groups is 1. The van der Waals surface area contributed by atoms with E-state index in [9.17, 15) is 18.3 Å². The van der Waals surface area contributed by atoms with Crippen LogP contribution in [-0.4, -0.2) is 57.7 Å². The second-order valence-corrected chi connectivity index (χ2v) is 6.10. The molecule has 0 radical (unpaired) electrons. The Kier molecular flexibility index (Phi) is 6.13. The highest BCUT2D eigenvalue weighted by Gasteiger charge is 2.25. The van der Waals surface area contributed by atoms with Crippen LogP contribution in [-0.2, 0) is 19.5 Å². The van der Waals surface area contributed by atoms with Crippen molar-refractivity contribution in [2.75, 3.05) is 33.9 Å². The lowest BCUT2D eigenvalue weighted by Crippen LogP contribution is -2.33. The zero-order valence-electron chi connectivity index (χ0n) is 12.2. The summed E-state index contributed by atoms with van der Waals surface area (Å²) in [7, 11) is -1.13. The summed E-state index contributed by atoms with van der Waals surface area (Å²) in [5, 5.41) is 9.61. The number of esters is 1. The van der Waals surface area contributed by atoms with E-state index in [2.05, 4.69) is 4.74 Å². The Morgan fingerprint density at radius 2 is 2.00 bits per heavy atom. The first kappa shape index (κ1) is 17.4. The molecule has 118 valence electrons. The maximum absolute atomic E-state index is 12.5. The van der Waals surface area contributed by atoms with E-state index in [-0.39, 0.29) is 35.9 Å². The first-order valence-corrected chi connectivity index (χ1v) is 7.72. The van der Waals surface area contributed by atoms with Gasteiger partial charge in [-0.3, -0.25) is 0 Å². The van der Waals surface area contributed by atoms with Crippen molar-refractivity contribution in [1.29, 1.82) is 0 Å². The van der Waals surface area contributed by atoms with Crippen LogP contribution in [0.3, 0.4) is 0 Å². The number of carbonyl (C=O) groups excluding carboxylic acids is 1. The first-order valence-electron chi connectivity index (χ1n) is 6.28. The van der Waals surface area contributed by atoms with Crippen LogP contribution < -0.4 is 0 Å². The van der Waals surface area contributed by atoms with Gasteiger partial charge in [-0.2, -0.15) is 4.31 Å². The summed E-state index contributed by atoms with van der Waals surface area (Å²) in [6.45, 7) is 2.42. The predicted molar refractivity (Wildman–Crippen MR) is 75.8 cm³/mol. The minimum atomic E-state index is -3.77. The van der Waals surface area contributed by atoms with Crippen molar-refractivity contribution >= 4 is 16.0 Å². The minimum Gasteiger partial charge on any atom is -0.507 e. The molecule has 1 aromatic rings. The number of ether oxygens (including phenoxy) is 2. The lowest BCUT2D eigenvalue weighted by atomic mass is 10.2. The molecule has 0 aliphatic rings. The smallest absolute Gasteiger partial charge is 0.341 e. The number of phenolic OH excluding ortho intramolecular Hbond substituents is 1. The molecular weight excluding hydrogens is 298 g/mol. The molecule has 0 heterocycles. The number of benzene rings is 1. The van der Waals surface area contributed by atoms with Gasteiger partial charge < -0.3 is 14.6 Å². The van der Waals surface area contributed by atoms with Crippen molar-refractivity contribution in [3.63, 3.8) is 0 Å². The molecule has 1 aromatic carbocycles. The molecule has 1 N–H and O–H groups in total. The van der Waals surface area contributed by atoms with Gasteiger partial charge in [0.15, 0.2) is 0 Å². The zero-order valence-corrected chi connectivity index (χ0v) is 13.0. The molecule has 0 saturated heterocycles. The van der Waals surface area contributed by atoms with Gasteiger partial charge in [0.05, 0.1) is 18.6 Å². The summed E-state index contributed by atoms with van der Waals surface area (Å²) in [6.07, 6.45) is 0. The number of rotatable bonds is 7. The average Bonchev–Trinajstić information content (AvgIpc) is 2.47. The summed E-state index contributed by atoms with van der Waals surface area (Å²) in [6, 6.07) is 3.50. The molecule has 0 atom stereocenters. The number of likely N-dealkylation sites (N-methyl/N-ethyl adjacent to an activating group) is 1. The molecule has 0 aromatic heterocycles. The van der Waals surface area contributed by atoms with Gasteiger partial charge in [0.1, 0.15) is 11.3 Å².